The first-order valence-corrected chi connectivity index (χ1v) is 10.8. The number of benzene rings is 2. The quantitative estimate of drug-likeness (QED) is 0.602. The molecule has 0 saturated heterocycles. The lowest BCUT2D eigenvalue weighted by molar-refractivity contribution is 0.0944. The van der Waals surface area contributed by atoms with Gasteiger partial charge in [0.2, 0.25) is 10.0 Å². The molecule has 0 bridgehead atoms. The molecule has 1 aromatic heterocycles. The molecule has 0 aliphatic carbocycles. The van der Waals surface area contributed by atoms with Crippen LogP contribution >= 0.6 is 11.3 Å². The molecular weight excluding hydrogens is 413 g/mol. The molecule has 1 amide bonds. The lowest BCUT2D eigenvalue weighted by Gasteiger charge is -2.13. The normalized spacial score (nSPS) is 12.1. The first kappa shape index (κ1) is 20.7. The molecule has 9 heteroatoms. The molecule has 29 heavy (non-hydrogen) atoms. The number of rotatable bonds is 7. The second-order valence-corrected chi connectivity index (χ2v) is 8.79. The second kappa shape index (κ2) is 8.96. The van der Waals surface area contributed by atoms with Crippen LogP contribution in [0.3, 0.4) is 0 Å². The minimum Gasteiger partial charge on any atom is -0.332 e. The predicted molar refractivity (Wildman–Crippen MR) is 107 cm³/mol. The fraction of sp³-hybridized carbons (Fsp3) is 0.100. The zero-order chi connectivity index (χ0) is 20.9. The fourth-order valence-electron chi connectivity index (χ4n) is 2.57. The summed E-state index contributed by atoms with van der Waals surface area (Å²) < 4.78 is 41.4. The van der Waals surface area contributed by atoms with Crippen molar-refractivity contribution in [2.24, 2.45) is 0 Å². The van der Waals surface area contributed by atoms with Gasteiger partial charge in [-0.25, -0.2) is 17.5 Å². The van der Waals surface area contributed by atoms with Crippen molar-refractivity contribution in [3.05, 3.63) is 87.9 Å². The van der Waals surface area contributed by atoms with Crippen LogP contribution in [0.1, 0.15) is 26.8 Å². The van der Waals surface area contributed by atoms with E-state index in [1.165, 1.54) is 53.8 Å². The highest BCUT2D eigenvalue weighted by Crippen LogP contribution is 2.18. The Morgan fingerprint density at radius 1 is 1.14 bits per heavy atom. The number of nitrogens with zero attached hydrogens (tertiary/aromatic N) is 1. The van der Waals surface area contributed by atoms with Crippen LogP contribution in [-0.4, -0.2) is 14.3 Å². The monoisotopic (exact) mass is 429 g/mol. The van der Waals surface area contributed by atoms with Gasteiger partial charge in [0.05, 0.1) is 11.0 Å². The molecule has 0 aliphatic heterocycles. The number of carbonyl (C=O) groups is 1. The van der Waals surface area contributed by atoms with Gasteiger partial charge < -0.3 is 5.32 Å². The summed E-state index contributed by atoms with van der Waals surface area (Å²) in [5, 5.41) is 13.6. The van der Waals surface area contributed by atoms with E-state index in [0.29, 0.717) is 0 Å². The molecule has 148 valence electrons. The first-order valence-electron chi connectivity index (χ1n) is 8.48. The highest BCUT2D eigenvalue weighted by molar-refractivity contribution is 7.89. The maximum atomic E-state index is 13.9. The highest BCUT2D eigenvalue weighted by Gasteiger charge is 2.20. The lowest BCUT2D eigenvalue weighted by Crippen LogP contribution is -2.29. The summed E-state index contributed by atoms with van der Waals surface area (Å²) in [4.78, 5) is 13.3. The van der Waals surface area contributed by atoms with Crippen LogP contribution in [0, 0.1) is 17.1 Å². The minimum absolute atomic E-state index is 0.0322. The van der Waals surface area contributed by atoms with Gasteiger partial charge >= 0.3 is 0 Å². The Bertz CT molecular complexity index is 1160. The van der Waals surface area contributed by atoms with Crippen LogP contribution in [0.15, 0.2) is 70.9 Å². The van der Waals surface area contributed by atoms with Crippen LogP contribution in [-0.2, 0) is 16.6 Å². The lowest BCUT2D eigenvalue weighted by atomic mass is 10.1. The summed E-state index contributed by atoms with van der Waals surface area (Å²) in [6.07, 6.45) is 0. The maximum absolute atomic E-state index is 13.9. The van der Waals surface area contributed by atoms with E-state index in [-0.39, 0.29) is 22.6 Å². The number of carbonyl (C=O) groups excluding carboxylic acids is 1. The molecule has 6 nitrogen and oxygen atoms in total. The number of thiophene rings is 1. The van der Waals surface area contributed by atoms with Crippen molar-refractivity contribution in [3.8, 4) is 6.07 Å². The van der Waals surface area contributed by atoms with E-state index >= 15 is 0 Å². The molecule has 0 saturated carbocycles. The molecule has 1 atom stereocenters. The average Bonchev–Trinajstić information content (AvgIpc) is 3.25. The van der Waals surface area contributed by atoms with E-state index in [4.69, 9.17) is 0 Å². The zero-order valence-corrected chi connectivity index (χ0v) is 16.6. The van der Waals surface area contributed by atoms with Crippen LogP contribution in [0.2, 0.25) is 0 Å². The minimum atomic E-state index is -3.83. The van der Waals surface area contributed by atoms with Gasteiger partial charge in [0.25, 0.3) is 5.91 Å². The van der Waals surface area contributed by atoms with E-state index in [1.807, 2.05) is 23.6 Å². The Labute approximate surface area is 171 Å². The first-order chi connectivity index (χ1) is 13.9. The third-order valence-corrected chi connectivity index (χ3v) is 6.32. The maximum Gasteiger partial charge on any atom is 0.252 e. The van der Waals surface area contributed by atoms with E-state index in [0.717, 1.165) is 4.88 Å². The fourth-order valence-corrected chi connectivity index (χ4v) is 4.36. The second-order valence-electron chi connectivity index (χ2n) is 5.99. The number of nitrogens with one attached hydrogen (secondary N) is 2. The van der Waals surface area contributed by atoms with Gasteiger partial charge in [0, 0.05) is 22.5 Å². The van der Waals surface area contributed by atoms with Crippen molar-refractivity contribution in [3.63, 3.8) is 0 Å². The highest BCUT2D eigenvalue weighted by atomic mass is 32.2. The van der Waals surface area contributed by atoms with Gasteiger partial charge in [-0.15, -0.1) is 11.3 Å². The van der Waals surface area contributed by atoms with Crippen molar-refractivity contribution in [2.75, 3.05) is 0 Å². The van der Waals surface area contributed by atoms with E-state index in [2.05, 4.69) is 10.0 Å². The smallest absolute Gasteiger partial charge is 0.252 e. The summed E-state index contributed by atoms with van der Waals surface area (Å²) >= 11 is 1.42. The van der Waals surface area contributed by atoms with E-state index < -0.39 is 27.8 Å². The molecule has 3 aromatic rings. The van der Waals surface area contributed by atoms with Crippen LogP contribution in [0.4, 0.5) is 4.39 Å². The Morgan fingerprint density at radius 2 is 1.93 bits per heavy atom. The molecule has 2 aromatic carbocycles. The number of sulfonamides is 1. The van der Waals surface area contributed by atoms with Crippen molar-refractivity contribution in [2.45, 2.75) is 17.5 Å². The Morgan fingerprint density at radius 3 is 2.62 bits per heavy atom. The van der Waals surface area contributed by atoms with E-state index in [9.17, 15) is 22.9 Å². The molecule has 3 rings (SSSR count). The third-order valence-electron chi connectivity index (χ3n) is 4.04. The molecule has 0 radical (unpaired) electrons. The predicted octanol–water partition coefficient (Wildman–Crippen LogP) is 3.36. The number of hydrogen-bond donors (Lipinski definition) is 2. The average molecular weight is 429 g/mol. The number of nitriles is 1. The summed E-state index contributed by atoms with van der Waals surface area (Å²) in [5.41, 5.74) is 0.0744. The van der Waals surface area contributed by atoms with Gasteiger partial charge in [-0.3, -0.25) is 4.79 Å². The number of amides is 1. The summed E-state index contributed by atoms with van der Waals surface area (Å²) in [6, 6.07) is 15.3. The molecule has 0 aliphatic rings. The number of halogens is 1. The van der Waals surface area contributed by atoms with Gasteiger partial charge in [-0.1, -0.05) is 30.3 Å². The Balaban J connectivity index is 1.77. The summed E-state index contributed by atoms with van der Waals surface area (Å²) in [5.74, 6) is -1.30. The van der Waals surface area contributed by atoms with Crippen molar-refractivity contribution in [1.29, 1.82) is 5.26 Å². The van der Waals surface area contributed by atoms with Crippen molar-refractivity contribution < 1.29 is 17.6 Å². The van der Waals surface area contributed by atoms with Crippen molar-refractivity contribution in [1.82, 2.24) is 10.0 Å². The van der Waals surface area contributed by atoms with Gasteiger partial charge in [-0.2, -0.15) is 5.26 Å². The molecule has 2 N–H and O–H groups in total. The van der Waals surface area contributed by atoms with Crippen LogP contribution in [0.25, 0.3) is 0 Å². The summed E-state index contributed by atoms with van der Waals surface area (Å²) in [6.45, 7) is 0.139. The Kier molecular flexibility index (Phi) is 6.39. The molecular formula is C20H16FN3O3S2. The van der Waals surface area contributed by atoms with Crippen LogP contribution < -0.4 is 10.0 Å². The molecule has 0 spiro atoms. The molecule has 0 fully saturated rings. The van der Waals surface area contributed by atoms with Gasteiger partial charge in [0.15, 0.2) is 0 Å². The topological polar surface area (TPSA) is 99.1 Å². The van der Waals surface area contributed by atoms with Crippen LogP contribution in [0.5, 0.6) is 0 Å². The SMILES string of the molecule is N#CC(NC(=O)c1cccc(S(=O)(=O)NCc2cccs2)c1)c1ccccc1F. The van der Waals surface area contributed by atoms with Gasteiger partial charge in [0.1, 0.15) is 11.9 Å². The molecule has 1 unspecified atom stereocenters. The zero-order valence-electron chi connectivity index (χ0n) is 15.0. The third kappa shape index (κ3) is 5.06. The molecule has 1 heterocycles. The van der Waals surface area contributed by atoms with Gasteiger partial charge in [-0.05, 0) is 35.7 Å². The summed E-state index contributed by atoms with van der Waals surface area (Å²) in [7, 11) is -3.83. The largest absolute Gasteiger partial charge is 0.332 e. The van der Waals surface area contributed by atoms with Crippen molar-refractivity contribution >= 4 is 27.3 Å². The number of hydrogen-bond acceptors (Lipinski definition) is 5. The standard InChI is InChI=1S/C20H16FN3O3S2/c21-18-9-2-1-8-17(18)19(12-22)24-20(25)14-5-3-7-16(11-14)29(26,27)23-13-15-6-4-10-28-15/h1-11,19,23H,13H2,(H,24,25). The Hall–Kier alpha value is -3.06. The van der Waals surface area contributed by atoms with E-state index in [1.54, 1.807) is 6.07 Å².